The van der Waals surface area contributed by atoms with Crippen LogP contribution >= 0.6 is 0 Å². The van der Waals surface area contributed by atoms with E-state index in [9.17, 15) is 4.79 Å². The van der Waals surface area contributed by atoms with E-state index in [1.807, 2.05) is 0 Å². The molecule has 1 saturated carbocycles. The summed E-state index contributed by atoms with van der Waals surface area (Å²) in [5.41, 5.74) is 0. The largest absolute Gasteiger partial charge is 0.340 e. The van der Waals surface area contributed by atoms with Crippen LogP contribution in [-0.4, -0.2) is 35.5 Å². The highest BCUT2D eigenvalue weighted by molar-refractivity contribution is 5.79. The monoisotopic (exact) mass is 236 g/mol. The number of piperidine rings is 1. The maximum Gasteiger partial charge on any atom is 0.225 e. The number of amides is 1. The number of rotatable bonds is 3. The van der Waals surface area contributed by atoms with E-state index in [0.29, 0.717) is 30.0 Å². The van der Waals surface area contributed by atoms with Crippen molar-refractivity contribution in [3.8, 4) is 0 Å². The zero-order valence-corrected chi connectivity index (χ0v) is 10.8. The Balaban J connectivity index is 1.65. The van der Waals surface area contributed by atoms with Gasteiger partial charge in [0.05, 0.1) is 0 Å². The lowest BCUT2D eigenvalue weighted by atomic mass is 9.83. The molecule has 0 aromatic carbocycles. The Morgan fingerprint density at radius 2 is 1.82 bits per heavy atom. The molecule has 3 rings (SSSR count). The lowest BCUT2D eigenvalue weighted by Crippen LogP contribution is -2.52. The van der Waals surface area contributed by atoms with Crippen molar-refractivity contribution in [1.82, 2.24) is 10.2 Å². The highest BCUT2D eigenvalue weighted by Gasteiger charge is 2.39. The van der Waals surface area contributed by atoms with E-state index in [1.54, 1.807) is 0 Å². The molecule has 1 aliphatic carbocycles. The molecule has 0 aromatic heterocycles. The third kappa shape index (κ3) is 2.10. The average molecular weight is 236 g/mol. The molecule has 3 nitrogen and oxygen atoms in total. The third-order valence-electron chi connectivity index (χ3n) is 4.97. The van der Waals surface area contributed by atoms with Gasteiger partial charge in [-0.25, -0.2) is 0 Å². The summed E-state index contributed by atoms with van der Waals surface area (Å²) in [5.74, 6) is 0.813. The van der Waals surface area contributed by atoms with Crippen molar-refractivity contribution in [2.75, 3.05) is 6.54 Å². The molecule has 3 fully saturated rings. The summed E-state index contributed by atoms with van der Waals surface area (Å²) in [6.07, 6.45) is 8.52. The molecule has 0 aromatic rings. The molecule has 3 aliphatic rings. The fourth-order valence-electron chi connectivity index (χ4n) is 3.77. The molecule has 96 valence electrons. The summed E-state index contributed by atoms with van der Waals surface area (Å²) < 4.78 is 0. The number of hydrogen-bond donors (Lipinski definition) is 1. The number of nitrogens with one attached hydrogen (secondary N) is 1. The van der Waals surface area contributed by atoms with Crippen molar-refractivity contribution < 1.29 is 4.79 Å². The average Bonchev–Trinajstić information content (AvgIpc) is 2.56. The summed E-state index contributed by atoms with van der Waals surface area (Å²) in [6.45, 7) is 3.04. The first-order chi connectivity index (χ1) is 8.28. The molecule has 2 heterocycles. The first kappa shape index (κ1) is 11.5. The van der Waals surface area contributed by atoms with Gasteiger partial charge in [0, 0.05) is 30.6 Å². The van der Waals surface area contributed by atoms with Gasteiger partial charge in [-0.2, -0.15) is 0 Å². The third-order valence-corrected chi connectivity index (χ3v) is 4.97. The van der Waals surface area contributed by atoms with Crippen LogP contribution in [0.3, 0.4) is 0 Å². The van der Waals surface area contributed by atoms with Crippen molar-refractivity contribution >= 4 is 5.91 Å². The Morgan fingerprint density at radius 1 is 1.18 bits per heavy atom. The Kier molecular flexibility index (Phi) is 3.12. The molecule has 17 heavy (non-hydrogen) atoms. The molecule has 2 atom stereocenters. The quantitative estimate of drug-likeness (QED) is 0.812. The summed E-state index contributed by atoms with van der Waals surface area (Å²) in [7, 11) is 0. The zero-order valence-electron chi connectivity index (χ0n) is 10.8. The molecule has 2 saturated heterocycles. The second kappa shape index (κ2) is 4.60. The fraction of sp³-hybridized carbons (Fsp3) is 0.929. The highest BCUT2D eigenvalue weighted by atomic mass is 16.2. The summed E-state index contributed by atoms with van der Waals surface area (Å²) in [6, 6.07) is 1.89. The molecule has 3 heteroatoms. The van der Waals surface area contributed by atoms with Gasteiger partial charge >= 0.3 is 0 Å². The van der Waals surface area contributed by atoms with Gasteiger partial charge in [-0.05, 0) is 45.4 Å². The van der Waals surface area contributed by atoms with Crippen LogP contribution in [0.2, 0.25) is 0 Å². The summed E-state index contributed by atoms with van der Waals surface area (Å²) in [5, 5.41) is 3.66. The smallest absolute Gasteiger partial charge is 0.225 e. The molecule has 0 radical (unpaired) electrons. The van der Waals surface area contributed by atoms with E-state index >= 15 is 0 Å². The van der Waals surface area contributed by atoms with Crippen LogP contribution in [0, 0.1) is 5.92 Å². The number of hydrogen-bond acceptors (Lipinski definition) is 2. The van der Waals surface area contributed by atoms with Crippen LogP contribution in [0.25, 0.3) is 0 Å². The Hall–Kier alpha value is -0.570. The van der Waals surface area contributed by atoms with Gasteiger partial charge in [0.1, 0.15) is 0 Å². The van der Waals surface area contributed by atoms with Crippen molar-refractivity contribution in [2.24, 2.45) is 5.92 Å². The SMILES string of the molecule is CCN(C(=O)C1CCC1)C1CC2CCC(C1)N2. The van der Waals surface area contributed by atoms with Gasteiger partial charge in [0.25, 0.3) is 0 Å². The van der Waals surface area contributed by atoms with Gasteiger partial charge in [-0.1, -0.05) is 6.42 Å². The molecule has 2 unspecified atom stereocenters. The molecule has 0 spiro atoms. The van der Waals surface area contributed by atoms with Gasteiger partial charge in [0.15, 0.2) is 0 Å². The fourth-order valence-corrected chi connectivity index (χ4v) is 3.77. The minimum Gasteiger partial charge on any atom is -0.340 e. The predicted molar refractivity (Wildman–Crippen MR) is 67.7 cm³/mol. The molecular weight excluding hydrogens is 212 g/mol. The number of carbonyl (C=O) groups excluding carboxylic acids is 1. The van der Waals surface area contributed by atoms with Crippen molar-refractivity contribution in [1.29, 1.82) is 0 Å². The van der Waals surface area contributed by atoms with Gasteiger partial charge < -0.3 is 10.2 Å². The summed E-state index contributed by atoms with van der Waals surface area (Å²) in [4.78, 5) is 14.6. The van der Waals surface area contributed by atoms with Crippen molar-refractivity contribution in [2.45, 2.75) is 70.0 Å². The molecular formula is C14H24N2O. The number of nitrogens with zero attached hydrogens (tertiary/aromatic N) is 1. The van der Waals surface area contributed by atoms with E-state index in [1.165, 1.54) is 32.1 Å². The van der Waals surface area contributed by atoms with E-state index in [-0.39, 0.29) is 0 Å². The normalized spacial score (nSPS) is 36.6. The van der Waals surface area contributed by atoms with Crippen LogP contribution in [0.15, 0.2) is 0 Å². The van der Waals surface area contributed by atoms with Crippen LogP contribution < -0.4 is 5.32 Å². The maximum atomic E-state index is 12.4. The Morgan fingerprint density at radius 3 is 2.29 bits per heavy atom. The number of carbonyl (C=O) groups is 1. The van der Waals surface area contributed by atoms with E-state index in [4.69, 9.17) is 0 Å². The highest BCUT2D eigenvalue weighted by Crippen LogP contribution is 2.33. The number of fused-ring (bicyclic) bond motifs is 2. The van der Waals surface area contributed by atoms with Gasteiger partial charge in [-0.15, -0.1) is 0 Å². The maximum absolute atomic E-state index is 12.4. The standard InChI is InChI=1S/C14H24N2O/c1-2-16(14(17)10-4-3-5-10)13-8-11-6-7-12(9-13)15-11/h10-13,15H,2-9H2,1H3. The van der Waals surface area contributed by atoms with Crippen molar-refractivity contribution in [3.63, 3.8) is 0 Å². The molecule has 1 amide bonds. The first-order valence-electron chi connectivity index (χ1n) is 7.34. The van der Waals surface area contributed by atoms with Crippen molar-refractivity contribution in [3.05, 3.63) is 0 Å². The molecule has 1 N–H and O–H groups in total. The van der Waals surface area contributed by atoms with Gasteiger partial charge in [-0.3, -0.25) is 4.79 Å². The zero-order chi connectivity index (χ0) is 11.8. The Bertz CT molecular complexity index is 289. The van der Waals surface area contributed by atoms with Crippen LogP contribution in [0.4, 0.5) is 0 Å². The van der Waals surface area contributed by atoms with E-state index < -0.39 is 0 Å². The predicted octanol–water partition coefficient (Wildman–Crippen LogP) is 1.92. The molecule has 2 bridgehead atoms. The minimum absolute atomic E-state index is 0.363. The van der Waals surface area contributed by atoms with E-state index in [0.717, 1.165) is 19.4 Å². The first-order valence-corrected chi connectivity index (χ1v) is 7.34. The second-order valence-electron chi connectivity index (χ2n) is 6.02. The van der Waals surface area contributed by atoms with E-state index in [2.05, 4.69) is 17.1 Å². The lowest BCUT2D eigenvalue weighted by molar-refractivity contribution is -0.141. The van der Waals surface area contributed by atoms with Crippen LogP contribution in [0.1, 0.15) is 51.9 Å². The lowest BCUT2D eigenvalue weighted by Gasteiger charge is -2.40. The van der Waals surface area contributed by atoms with Crippen LogP contribution in [-0.2, 0) is 4.79 Å². The Labute approximate surface area is 104 Å². The van der Waals surface area contributed by atoms with Crippen LogP contribution in [0.5, 0.6) is 0 Å². The second-order valence-corrected chi connectivity index (χ2v) is 6.02. The topological polar surface area (TPSA) is 32.3 Å². The minimum atomic E-state index is 0.363. The summed E-state index contributed by atoms with van der Waals surface area (Å²) >= 11 is 0. The van der Waals surface area contributed by atoms with Gasteiger partial charge in [0.2, 0.25) is 5.91 Å². The molecule has 2 aliphatic heterocycles.